The fourth-order valence-corrected chi connectivity index (χ4v) is 3.54. The van der Waals surface area contributed by atoms with Crippen LogP contribution in [0.4, 0.5) is 11.4 Å². The lowest BCUT2D eigenvalue weighted by Crippen LogP contribution is -2.29. The molecular weight excluding hydrogens is 356 g/mol. The van der Waals surface area contributed by atoms with Crippen LogP contribution < -0.4 is 20.6 Å². The predicted octanol–water partition coefficient (Wildman–Crippen LogP) is 4.04. The van der Waals surface area contributed by atoms with Gasteiger partial charge in [-0.15, -0.1) is 0 Å². The van der Waals surface area contributed by atoms with E-state index in [-0.39, 0.29) is 5.56 Å². The number of amides is 1. The molecule has 1 aliphatic heterocycles. The second-order valence-electron chi connectivity index (χ2n) is 6.87. The van der Waals surface area contributed by atoms with Gasteiger partial charge in [-0.25, -0.2) is 4.79 Å². The van der Waals surface area contributed by atoms with Gasteiger partial charge in [-0.3, -0.25) is 4.79 Å². The van der Waals surface area contributed by atoms with Crippen LogP contribution in [0.2, 0.25) is 0 Å². The largest absolute Gasteiger partial charge is 0.493 e. The molecule has 1 aromatic heterocycles. The Bertz CT molecular complexity index is 1050. The number of piperidine rings is 1. The molecule has 1 amide bonds. The molecular formula is C22H22N2O4. The lowest BCUT2D eigenvalue weighted by atomic mass is 10.1. The molecule has 1 fully saturated rings. The van der Waals surface area contributed by atoms with Gasteiger partial charge in [0.1, 0.15) is 5.56 Å². The minimum Gasteiger partial charge on any atom is -0.493 e. The fourth-order valence-electron chi connectivity index (χ4n) is 3.54. The van der Waals surface area contributed by atoms with Crippen molar-refractivity contribution in [2.75, 3.05) is 30.4 Å². The summed E-state index contributed by atoms with van der Waals surface area (Å²) in [6, 6.07) is 14.5. The molecule has 28 heavy (non-hydrogen) atoms. The van der Waals surface area contributed by atoms with E-state index in [0.717, 1.165) is 18.8 Å². The molecule has 144 valence electrons. The Kier molecular flexibility index (Phi) is 5.02. The van der Waals surface area contributed by atoms with Gasteiger partial charge in [0.15, 0.2) is 11.3 Å². The first-order valence-electron chi connectivity index (χ1n) is 9.43. The molecule has 6 heteroatoms. The Morgan fingerprint density at radius 3 is 2.54 bits per heavy atom. The number of nitrogens with one attached hydrogen (secondary N) is 1. The van der Waals surface area contributed by atoms with E-state index < -0.39 is 11.5 Å². The summed E-state index contributed by atoms with van der Waals surface area (Å²) in [5.74, 6) is -0.0425. The maximum Gasteiger partial charge on any atom is 0.349 e. The maximum atomic E-state index is 12.6. The first kappa shape index (κ1) is 18.1. The lowest BCUT2D eigenvalue weighted by Gasteiger charge is -2.28. The van der Waals surface area contributed by atoms with Crippen molar-refractivity contribution < 1.29 is 13.9 Å². The normalized spacial score (nSPS) is 14.1. The van der Waals surface area contributed by atoms with Crippen LogP contribution in [0.5, 0.6) is 5.75 Å². The Labute approximate surface area is 162 Å². The zero-order chi connectivity index (χ0) is 19.5. The highest BCUT2D eigenvalue weighted by molar-refractivity contribution is 6.05. The van der Waals surface area contributed by atoms with Gasteiger partial charge in [0.2, 0.25) is 0 Å². The number of methoxy groups -OCH3 is 1. The van der Waals surface area contributed by atoms with Crippen LogP contribution in [-0.2, 0) is 0 Å². The molecule has 0 saturated carbocycles. The summed E-state index contributed by atoms with van der Waals surface area (Å²) < 4.78 is 10.5. The van der Waals surface area contributed by atoms with Crippen LogP contribution in [0.25, 0.3) is 11.0 Å². The summed E-state index contributed by atoms with van der Waals surface area (Å²) in [5, 5.41) is 3.40. The van der Waals surface area contributed by atoms with Gasteiger partial charge < -0.3 is 19.4 Å². The Morgan fingerprint density at radius 2 is 1.82 bits per heavy atom. The number of nitrogens with zero attached hydrogens (tertiary/aromatic N) is 1. The maximum absolute atomic E-state index is 12.6. The van der Waals surface area contributed by atoms with Gasteiger partial charge in [-0.05, 0) is 55.7 Å². The Morgan fingerprint density at radius 1 is 1.07 bits per heavy atom. The van der Waals surface area contributed by atoms with Crippen LogP contribution in [0.1, 0.15) is 29.6 Å². The first-order valence-corrected chi connectivity index (χ1v) is 9.43. The number of hydrogen-bond donors (Lipinski definition) is 1. The fraction of sp³-hybridized carbons (Fsp3) is 0.273. The van der Waals surface area contributed by atoms with E-state index in [1.807, 2.05) is 24.3 Å². The highest BCUT2D eigenvalue weighted by Gasteiger charge is 2.16. The summed E-state index contributed by atoms with van der Waals surface area (Å²) >= 11 is 0. The van der Waals surface area contributed by atoms with Gasteiger partial charge in [0.05, 0.1) is 7.11 Å². The third-order valence-electron chi connectivity index (χ3n) is 5.03. The van der Waals surface area contributed by atoms with Crippen molar-refractivity contribution in [1.82, 2.24) is 0 Å². The Hall–Kier alpha value is -3.28. The van der Waals surface area contributed by atoms with Crippen LogP contribution in [0.15, 0.2) is 57.7 Å². The average Bonchev–Trinajstić information content (AvgIpc) is 2.74. The van der Waals surface area contributed by atoms with E-state index in [2.05, 4.69) is 10.2 Å². The molecule has 1 aliphatic rings. The number of benzene rings is 2. The number of carbonyl (C=O) groups is 1. The van der Waals surface area contributed by atoms with Crippen LogP contribution >= 0.6 is 0 Å². The van der Waals surface area contributed by atoms with Crippen molar-refractivity contribution in [2.24, 2.45) is 0 Å². The molecule has 6 nitrogen and oxygen atoms in total. The molecule has 2 aromatic carbocycles. The van der Waals surface area contributed by atoms with Crippen molar-refractivity contribution in [3.63, 3.8) is 0 Å². The monoisotopic (exact) mass is 378 g/mol. The van der Waals surface area contributed by atoms with E-state index >= 15 is 0 Å². The molecule has 1 saturated heterocycles. The predicted molar refractivity (Wildman–Crippen MR) is 109 cm³/mol. The minimum absolute atomic E-state index is 0.0409. The van der Waals surface area contributed by atoms with E-state index in [1.165, 1.54) is 32.4 Å². The van der Waals surface area contributed by atoms with E-state index in [0.29, 0.717) is 22.4 Å². The van der Waals surface area contributed by atoms with Crippen LogP contribution in [0.3, 0.4) is 0 Å². The highest BCUT2D eigenvalue weighted by Crippen LogP contribution is 2.25. The standard InChI is InChI=1S/C22H22N2O4/c1-27-19-7-5-6-15-14-18(22(26)28-20(15)19)21(25)23-16-8-10-17(11-9-16)24-12-3-2-4-13-24/h5-11,14H,2-4,12-13H2,1H3,(H,23,25). The SMILES string of the molecule is COc1cccc2cc(C(=O)Nc3ccc(N4CCCCC4)cc3)c(=O)oc12. The third-order valence-corrected chi connectivity index (χ3v) is 5.03. The molecule has 0 radical (unpaired) electrons. The molecule has 0 atom stereocenters. The molecule has 0 aliphatic carbocycles. The summed E-state index contributed by atoms with van der Waals surface area (Å²) in [6.45, 7) is 2.13. The van der Waals surface area contributed by atoms with Crippen LogP contribution in [0, 0.1) is 0 Å². The van der Waals surface area contributed by atoms with E-state index in [4.69, 9.17) is 9.15 Å². The van der Waals surface area contributed by atoms with Crippen molar-refractivity contribution in [3.8, 4) is 5.75 Å². The quantitative estimate of drug-likeness (QED) is 0.694. The number of carbonyl (C=O) groups excluding carboxylic acids is 1. The van der Waals surface area contributed by atoms with Crippen molar-refractivity contribution in [3.05, 3.63) is 64.5 Å². The molecule has 0 bridgehead atoms. The topological polar surface area (TPSA) is 71.8 Å². The molecule has 2 heterocycles. The number of ether oxygens (including phenoxy) is 1. The van der Waals surface area contributed by atoms with Crippen LogP contribution in [-0.4, -0.2) is 26.1 Å². The average molecular weight is 378 g/mol. The first-order chi connectivity index (χ1) is 13.7. The molecule has 0 unspecified atom stereocenters. The zero-order valence-electron chi connectivity index (χ0n) is 15.7. The number of rotatable bonds is 4. The number of para-hydroxylation sites is 1. The second kappa shape index (κ2) is 7.76. The van der Waals surface area contributed by atoms with Gasteiger partial charge in [0.25, 0.3) is 5.91 Å². The smallest absolute Gasteiger partial charge is 0.349 e. The second-order valence-corrected chi connectivity index (χ2v) is 6.87. The Balaban J connectivity index is 1.55. The molecule has 3 aromatic rings. The van der Waals surface area contributed by atoms with E-state index in [1.54, 1.807) is 18.2 Å². The van der Waals surface area contributed by atoms with Gasteiger partial charge in [-0.2, -0.15) is 0 Å². The molecule has 0 spiro atoms. The minimum atomic E-state index is -0.695. The van der Waals surface area contributed by atoms with Gasteiger partial charge >= 0.3 is 5.63 Å². The highest BCUT2D eigenvalue weighted by atomic mass is 16.5. The van der Waals surface area contributed by atoms with Crippen molar-refractivity contribution >= 4 is 28.3 Å². The van der Waals surface area contributed by atoms with Crippen molar-refractivity contribution in [1.29, 1.82) is 0 Å². The summed E-state index contributed by atoms with van der Waals surface area (Å²) in [5.41, 5.74) is 1.38. The summed E-state index contributed by atoms with van der Waals surface area (Å²) in [6.07, 6.45) is 3.70. The van der Waals surface area contributed by atoms with Crippen molar-refractivity contribution in [2.45, 2.75) is 19.3 Å². The summed E-state index contributed by atoms with van der Waals surface area (Å²) in [4.78, 5) is 27.3. The molecule has 4 rings (SSSR count). The lowest BCUT2D eigenvalue weighted by molar-refractivity contribution is 0.102. The molecule has 1 N–H and O–H groups in total. The number of fused-ring (bicyclic) bond motifs is 1. The number of anilines is 2. The van der Waals surface area contributed by atoms with E-state index in [9.17, 15) is 9.59 Å². The van der Waals surface area contributed by atoms with Gasteiger partial charge in [-0.1, -0.05) is 12.1 Å². The zero-order valence-corrected chi connectivity index (χ0v) is 15.7. The third kappa shape index (κ3) is 3.58. The van der Waals surface area contributed by atoms with Gasteiger partial charge in [0, 0.05) is 29.9 Å². The number of hydrogen-bond acceptors (Lipinski definition) is 5. The summed E-state index contributed by atoms with van der Waals surface area (Å²) in [7, 11) is 1.50.